The average Bonchev–Trinajstić information content (AvgIpc) is 2.59. The molecule has 0 aliphatic carbocycles. The molecule has 1 unspecified atom stereocenters. The summed E-state index contributed by atoms with van der Waals surface area (Å²) in [5.74, 6) is 0.316. The Kier molecular flexibility index (Phi) is 2.21. The second-order valence-electron chi connectivity index (χ2n) is 3.30. The molecule has 0 spiro atoms. The third-order valence-corrected chi connectivity index (χ3v) is 2.14. The van der Waals surface area contributed by atoms with Crippen molar-refractivity contribution in [3.63, 3.8) is 0 Å². The van der Waals surface area contributed by atoms with E-state index in [2.05, 4.69) is 4.98 Å². The molecule has 0 aliphatic heterocycles. The van der Waals surface area contributed by atoms with Gasteiger partial charge in [-0.05, 0) is 12.1 Å². The minimum absolute atomic E-state index is 0.0606. The number of nitrogens with two attached hydrogens (primary N) is 1. The zero-order valence-electron chi connectivity index (χ0n) is 7.83. The summed E-state index contributed by atoms with van der Waals surface area (Å²) in [7, 11) is 0. The van der Waals surface area contributed by atoms with Gasteiger partial charge in [-0.3, -0.25) is 0 Å². The van der Waals surface area contributed by atoms with Crippen LogP contribution in [0.5, 0.6) is 0 Å². The summed E-state index contributed by atoms with van der Waals surface area (Å²) >= 11 is 0. The van der Waals surface area contributed by atoms with Crippen LogP contribution < -0.4 is 5.73 Å². The van der Waals surface area contributed by atoms with Gasteiger partial charge in [-0.2, -0.15) is 0 Å². The number of fused-ring (bicyclic) bond motifs is 1. The zero-order chi connectivity index (χ0) is 10.1. The molecule has 2 rings (SSSR count). The number of oxazole rings is 1. The van der Waals surface area contributed by atoms with Gasteiger partial charge in [0.15, 0.2) is 11.5 Å². The Morgan fingerprint density at radius 2 is 2.36 bits per heavy atom. The van der Waals surface area contributed by atoms with Crippen molar-refractivity contribution in [2.75, 3.05) is 6.54 Å². The summed E-state index contributed by atoms with van der Waals surface area (Å²) < 4.78 is 18.2. The first kappa shape index (κ1) is 9.15. The number of aromatic nitrogens is 1. The fraction of sp³-hybridized carbons (Fsp3) is 0.300. The second kappa shape index (κ2) is 3.38. The summed E-state index contributed by atoms with van der Waals surface area (Å²) in [5, 5.41) is 0. The quantitative estimate of drug-likeness (QED) is 0.795. The van der Waals surface area contributed by atoms with Gasteiger partial charge in [0.1, 0.15) is 11.3 Å². The van der Waals surface area contributed by atoms with Crippen molar-refractivity contribution < 1.29 is 8.81 Å². The van der Waals surface area contributed by atoms with Crippen LogP contribution in [0, 0.1) is 5.82 Å². The van der Waals surface area contributed by atoms with Gasteiger partial charge in [0.05, 0.1) is 0 Å². The molecule has 0 saturated carbocycles. The van der Waals surface area contributed by atoms with Crippen molar-refractivity contribution in [3.05, 3.63) is 29.9 Å². The van der Waals surface area contributed by atoms with E-state index in [0.29, 0.717) is 23.5 Å². The molecule has 1 heterocycles. The molecule has 1 aromatic carbocycles. The third kappa shape index (κ3) is 1.48. The first-order valence-corrected chi connectivity index (χ1v) is 4.46. The molecule has 0 radical (unpaired) electrons. The molecule has 0 amide bonds. The van der Waals surface area contributed by atoms with Crippen molar-refractivity contribution in [1.29, 1.82) is 0 Å². The van der Waals surface area contributed by atoms with Crippen LogP contribution in [0.25, 0.3) is 11.1 Å². The molecule has 0 fully saturated rings. The van der Waals surface area contributed by atoms with Crippen LogP contribution in [-0.2, 0) is 0 Å². The van der Waals surface area contributed by atoms with Crippen LogP contribution in [-0.4, -0.2) is 11.5 Å². The predicted molar refractivity (Wildman–Crippen MR) is 51.4 cm³/mol. The van der Waals surface area contributed by atoms with Gasteiger partial charge in [-0.1, -0.05) is 6.92 Å². The van der Waals surface area contributed by atoms with E-state index in [-0.39, 0.29) is 11.7 Å². The SMILES string of the molecule is CC(CN)c1nc2cc(F)ccc2o1. The Labute approximate surface area is 80.7 Å². The van der Waals surface area contributed by atoms with E-state index in [4.69, 9.17) is 10.2 Å². The van der Waals surface area contributed by atoms with E-state index in [1.807, 2.05) is 6.92 Å². The van der Waals surface area contributed by atoms with Crippen LogP contribution in [0.1, 0.15) is 18.7 Å². The maximum Gasteiger partial charge on any atom is 0.199 e. The van der Waals surface area contributed by atoms with Crippen molar-refractivity contribution >= 4 is 11.1 Å². The standard InChI is InChI=1S/C10H11FN2O/c1-6(5-12)10-13-8-4-7(11)2-3-9(8)14-10/h2-4,6H,5,12H2,1H3. The fourth-order valence-corrected chi connectivity index (χ4v) is 1.23. The highest BCUT2D eigenvalue weighted by Gasteiger charge is 2.11. The van der Waals surface area contributed by atoms with Crippen LogP contribution in [0.15, 0.2) is 22.6 Å². The number of nitrogens with zero attached hydrogens (tertiary/aromatic N) is 1. The van der Waals surface area contributed by atoms with Gasteiger partial charge in [-0.15, -0.1) is 0 Å². The Bertz CT molecular complexity index is 452. The molecular weight excluding hydrogens is 183 g/mol. The van der Waals surface area contributed by atoms with E-state index >= 15 is 0 Å². The van der Waals surface area contributed by atoms with E-state index in [0.717, 1.165) is 0 Å². The van der Waals surface area contributed by atoms with E-state index in [9.17, 15) is 4.39 Å². The van der Waals surface area contributed by atoms with Gasteiger partial charge in [-0.25, -0.2) is 9.37 Å². The van der Waals surface area contributed by atoms with Crippen molar-refractivity contribution in [2.24, 2.45) is 5.73 Å². The number of hydrogen-bond acceptors (Lipinski definition) is 3. The molecule has 0 aliphatic rings. The Morgan fingerprint density at radius 1 is 1.57 bits per heavy atom. The number of rotatable bonds is 2. The van der Waals surface area contributed by atoms with Gasteiger partial charge in [0.2, 0.25) is 0 Å². The first-order valence-electron chi connectivity index (χ1n) is 4.46. The van der Waals surface area contributed by atoms with Crippen LogP contribution in [0.2, 0.25) is 0 Å². The van der Waals surface area contributed by atoms with Crippen molar-refractivity contribution in [3.8, 4) is 0 Å². The van der Waals surface area contributed by atoms with Gasteiger partial charge in [0.25, 0.3) is 0 Å². The maximum absolute atomic E-state index is 12.8. The summed E-state index contributed by atoms with van der Waals surface area (Å²) in [6.07, 6.45) is 0. The van der Waals surface area contributed by atoms with Gasteiger partial charge >= 0.3 is 0 Å². The minimum atomic E-state index is -0.308. The second-order valence-corrected chi connectivity index (χ2v) is 3.30. The Morgan fingerprint density at radius 3 is 3.07 bits per heavy atom. The molecule has 1 aromatic heterocycles. The van der Waals surface area contributed by atoms with E-state index in [1.165, 1.54) is 12.1 Å². The zero-order valence-corrected chi connectivity index (χ0v) is 7.83. The summed E-state index contributed by atoms with van der Waals surface area (Å²) in [4.78, 5) is 4.16. The normalized spacial score (nSPS) is 13.4. The maximum atomic E-state index is 12.8. The van der Waals surface area contributed by atoms with E-state index < -0.39 is 0 Å². The molecule has 74 valence electrons. The molecule has 0 saturated heterocycles. The van der Waals surface area contributed by atoms with Crippen molar-refractivity contribution in [1.82, 2.24) is 4.98 Å². The summed E-state index contributed by atoms with van der Waals surface area (Å²) in [6, 6.07) is 4.28. The smallest absolute Gasteiger partial charge is 0.199 e. The highest BCUT2D eigenvalue weighted by atomic mass is 19.1. The number of hydrogen-bond donors (Lipinski definition) is 1. The van der Waals surface area contributed by atoms with Crippen LogP contribution in [0.4, 0.5) is 4.39 Å². The monoisotopic (exact) mass is 194 g/mol. The van der Waals surface area contributed by atoms with Gasteiger partial charge in [0, 0.05) is 18.5 Å². The van der Waals surface area contributed by atoms with Crippen molar-refractivity contribution in [2.45, 2.75) is 12.8 Å². The molecular formula is C10H11FN2O. The lowest BCUT2D eigenvalue weighted by Gasteiger charge is -1.99. The number of benzene rings is 1. The molecule has 2 N–H and O–H groups in total. The Hall–Kier alpha value is -1.42. The fourth-order valence-electron chi connectivity index (χ4n) is 1.23. The molecule has 14 heavy (non-hydrogen) atoms. The highest BCUT2D eigenvalue weighted by Crippen LogP contribution is 2.21. The summed E-state index contributed by atoms with van der Waals surface area (Å²) in [6.45, 7) is 2.39. The molecule has 1 atom stereocenters. The topological polar surface area (TPSA) is 52.0 Å². The largest absolute Gasteiger partial charge is 0.440 e. The van der Waals surface area contributed by atoms with Crippen LogP contribution in [0.3, 0.4) is 0 Å². The lowest BCUT2D eigenvalue weighted by atomic mass is 10.2. The minimum Gasteiger partial charge on any atom is -0.440 e. The molecule has 3 nitrogen and oxygen atoms in total. The lowest BCUT2D eigenvalue weighted by Crippen LogP contribution is -2.08. The average molecular weight is 194 g/mol. The van der Waals surface area contributed by atoms with E-state index in [1.54, 1.807) is 6.07 Å². The van der Waals surface area contributed by atoms with Gasteiger partial charge < -0.3 is 10.2 Å². The third-order valence-electron chi connectivity index (χ3n) is 2.14. The molecule has 0 bridgehead atoms. The molecule has 2 aromatic rings. The first-order chi connectivity index (χ1) is 6.70. The lowest BCUT2D eigenvalue weighted by molar-refractivity contribution is 0.489. The predicted octanol–water partition coefficient (Wildman–Crippen LogP) is 2.03. The Balaban J connectivity index is 2.51. The molecule has 4 heteroatoms. The highest BCUT2D eigenvalue weighted by molar-refractivity contribution is 5.72. The summed E-state index contributed by atoms with van der Waals surface area (Å²) in [5.41, 5.74) is 6.62. The van der Waals surface area contributed by atoms with Crippen LogP contribution >= 0.6 is 0 Å². The number of halogens is 1.